The molecule has 0 heterocycles. The summed E-state index contributed by atoms with van der Waals surface area (Å²) in [6.07, 6.45) is 9.74. The highest BCUT2D eigenvalue weighted by molar-refractivity contribution is 5.29. The molecule has 72 valence electrons. The Labute approximate surface area is 84.7 Å². The number of benzene rings is 1. The first-order valence-corrected chi connectivity index (χ1v) is 4.86. The summed E-state index contributed by atoms with van der Waals surface area (Å²) in [6, 6.07) is 8.27. The zero-order chi connectivity index (χ0) is 9.80. The van der Waals surface area contributed by atoms with Crippen molar-refractivity contribution < 1.29 is 4.74 Å². The lowest BCUT2D eigenvalue weighted by Gasteiger charge is -2.06. The standard InChI is InChI=1S/C13H14O/c1-14-13-8-6-12(7-9-13)10-11-4-2-3-5-11/h2-9,11H,10H2,1H3. The van der Waals surface area contributed by atoms with Crippen LogP contribution in [0.5, 0.6) is 5.75 Å². The van der Waals surface area contributed by atoms with Crippen molar-refractivity contribution in [1.82, 2.24) is 0 Å². The number of hydrogen-bond donors (Lipinski definition) is 0. The van der Waals surface area contributed by atoms with Crippen molar-refractivity contribution in [1.29, 1.82) is 0 Å². The molecule has 0 unspecified atom stereocenters. The van der Waals surface area contributed by atoms with Gasteiger partial charge in [0.15, 0.2) is 0 Å². The van der Waals surface area contributed by atoms with E-state index in [1.807, 2.05) is 12.1 Å². The van der Waals surface area contributed by atoms with Gasteiger partial charge in [-0.15, -0.1) is 0 Å². The zero-order valence-electron chi connectivity index (χ0n) is 8.31. The predicted molar refractivity (Wildman–Crippen MR) is 58.5 cm³/mol. The molecule has 0 fully saturated rings. The van der Waals surface area contributed by atoms with E-state index >= 15 is 0 Å². The molecule has 1 heteroatoms. The highest BCUT2D eigenvalue weighted by atomic mass is 16.5. The quantitative estimate of drug-likeness (QED) is 0.705. The molecule has 14 heavy (non-hydrogen) atoms. The first-order chi connectivity index (χ1) is 6.88. The third kappa shape index (κ3) is 2.05. The Bertz CT molecular complexity index is 334. The van der Waals surface area contributed by atoms with Gasteiger partial charge in [0.1, 0.15) is 5.75 Å². The molecule has 0 N–H and O–H groups in total. The van der Waals surface area contributed by atoms with Crippen molar-refractivity contribution in [3.05, 3.63) is 54.1 Å². The van der Waals surface area contributed by atoms with Crippen LogP contribution in [0.4, 0.5) is 0 Å². The van der Waals surface area contributed by atoms with E-state index in [1.165, 1.54) is 5.56 Å². The lowest BCUT2D eigenvalue weighted by atomic mass is 10.0. The monoisotopic (exact) mass is 186 g/mol. The molecule has 0 radical (unpaired) electrons. The van der Waals surface area contributed by atoms with Crippen LogP contribution in [-0.2, 0) is 6.42 Å². The van der Waals surface area contributed by atoms with Crippen molar-refractivity contribution >= 4 is 0 Å². The third-order valence-electron chi connectivity index (χ3n) is 2.46. The molecule has 0 spiro atoms. The van der Waals surface area contributed by atoms with Gasteiger partial charge < -0.3 is 4.74 Å². The van der Waals surface area contributed by atoms with E-state index in [2.05, 4.69) is 36.4 Å². The van der Waals surface area contributed by atoms with Crippen LogP contribution in [0.15, 0.2) is 48.6 Å². The van der Waals surface area contributed by atoms with Crippen molar-refractivity contribution in [2.75, 3.05) is 7.11 Å². The Morgan fingerprint density at radius 1 is 1.07 bits per heavy atom. The number of ether oxygens (including phenoxy) is 1. The first-order valence-electron chi connectivity index (χ1n) is 4.86. The summed E-state index contributed by atoms with van der Waals surface area (Å²) in [7, 11) is 1.69. The molecule has 0 atom stereocenters. The van der Waals surface area contributed by atoms with Gasteiger partial charge in [-0.2, -0.15) is 0 Å². The van der Waals surface area contributed by atoms with Crippen LogP contribution in [0, 0.1) is 5.92 Å². The number of rotatable bonds is 3. The second kappa shape index (κ2) is 4.14. The van der Waals surface area contributed by atoms with Crippen molar-refractivity contribution in [3.8, 4) is 5.75 Å². The van der Waals surface area contributed by atoms with E-state index in [9.17, 15) is 0 Å². The van der Waals surface area contributed by atoms with E-state index in [4.69, 9.17) is 4.74 Å². The summed E-state index contributed by atoms with van der Waals surface area (Å²) in [5.74, 6) is 1.50. The summed E-state index contributed by atoms with van der Waals surface area (Å²) < 4.78 is 5.11. The summed E-state index contributed by atoms with van der Waals surface area (Å²) >= 11 is 0. The summed E-state index contributed by atoms with van der Waals surface area (Å²) in [5, 5.41) is 0. The Balaban J connectivity index is 2.02. The zero-order valence-corrected chi connectivity index (χ0v) is 8.31. The lowest BCUT2D eigenvalue weighted by Crippen LogP contribution is -1.95. The summed E-state index contributed by atoms with van der Waals surface area (Å²) in [4.78, 5) is 0. The molecular formula is C13H14O. The fourth-order valence-corrected chi connectivity index (χ4v) is 1.65. The lowest BCUT2D eigenvalue weighted by molar-refractivity contribution is 0.414. The minimum absolute atomic E-state index is 0.573. The van der Waals surface area contributed by atoms with Crippen LogP contribution in [0.3, 0.4) is 0 Å². The van der Waals surface area contributed by atoms with E-state index < -0.39 is 0 Å². The maximum absolute atomic E-state index is 5.11. The topological polar surface area (TPSA) is 9.23 Å². The van der Waals surface area contributed by atoms with E-state index in [0.717, 1.165) is 12.2 Å². The summed E-state index contributed by atoms with van der Waals surface area (Å²) in [6.45, 7) is 0. The van der Waals surface area contributed by atoms with Gasteiger partial charge in [0, 0.05) is 0 Å². The molecule has 1 aliphatic rings. The predicted octanol–water partition coefficient (Wildman–Crippen LogP) is 2.98. The van der Waals surface area contributed by atoms with Gasteiger partial charge in [-0.05, 0) is 30.0 Å². The molecule has 1 aromatic rings. The smallest absolute Gasteiger partial charge is 0.118 e. The average Bonchev–Trinajstić information content (AvgIpc) is 2.72. The molecule has 1 aliphatic carbocycles. The summed E-state index contributed by atoms with van der Waals surface area (Å²) in [5.41, 5.74) is 1.35. The SMILES string of the molecule is COc1ccc(CC2C=CC=C2)cc1. The van der Waals surface area contributed by atoms with E-state index in [-0.39, 0.29) is 0 Å². The van der Waals surface area contributed by atoms with Gasteiger partial charge >= 0.3 is 0 Å². The highest BCUT2D eigenvalue weighted by Crippen LogP contribution is 2.18. The van der Waals surface area contributed by atoms with Gasteiger partial charge in [0.2, 0.25) is 0 Å². The van der Waals surface area contributed by atoms with Crippen LogP contribution in [0.1, 0.15) is 5.56 Å². The second-order valence-electron chi connectivity index (χ2n) is 3.49. The minimum atomic E-state index is 0.573. The second-order valence-corrected chi connectivity index (χ2v) is 3.49. The fourth-order valence-electron chi connectivity index (χ4n) is 1.65. The fraction of sp³-hybridized carbons (Fsp3) is 0.231. The van der Waals surface area contributed by atoms with Gasteiger partial charge in [-0.1, -0.05) is 36.4 Å². The van der Waals surface area contributed by atoms with Crippen LogP contribution in [0.25, 0.3) is 0 Å². The number of hydrogen-bond acceptors (Lipinski definition) is 1. The Hall–Kier alpha value is -1.50. The highest BCUT2D eigenvalue weighted by Gasteiger charge is 2.04. The van der Waals surface area contributed by atoms with Crippen LogP contribution < -0.4 is 4.74 Å². The van der Waals surface area contributed by atoms with Crippen molar-refractivity contribution in [2.45, 2.75) is 6.42 Å². The molecular weight excluding hydrogens is 172 g/mol. The van der Waals surface area contributed by atoms with E-state index in [0.29, 0.717) is 5.92 Å². The van der Waals surface area contributed by atoms with Gasteiger partial charge in [0.25, 0.3) is 0 Å². The van der Waals surface area contributed by atoms with Gasteiger partial charge in [-0.3, -0.25) is 0 Å². The average molecular weight is 186 g/mol. The van der Waals surface area contributed by atoms with Crippen LogP contribution >= 0.6 is 0 Å². The van der Waals surface area contributed by atoms with Crippen LogP contribution in [-0.4, -0.2) is 7.11 Å². The molecule has 2 rings (SSSR count). The van der Waals surface area contributed by atoms with Gasteiger partial charge in [0.05, 0.1) is 7.11 Å². The normalized spacial score (nSPS) is 14.9. The molecule has 0 aliphatic heterocycles. The molecule has 1 nitrogen and oxygen atoms in total. The van der Waals surface area contributed by atoms with Crippen molar-refractivity contribution in [3.63, 3.8) is 0 Å². The number of allylic oxidation sites excluding steroid dienone is 4. The molecule has 0 bridgehead atoms. The Morgan fingerprint density at radius 3 is 2.29 bits per heavy atom. The molecule has 0 aromatic heterocycles. The molecule has 1 aromatic carbocycles. The number of methoxy groups -OCH3 is 1. The maximum atomic E-state index is 5.11. The minimum Gasteiger partial charge on any atom is -0.497 e. The van der Waals surface area contributed by atoms with Crippen LogP contribution in [0.2, 0.25) is 0 Å². The molecule has 0 saturated carbocycles. The first kappa shape index (κ1) is 9.07. The van der Waals surface area contributed by atoms with Gasteiger partial charge in [-0.25, -0.2) is 0 Å². The largest absolute Gasteiger partial charge is 0.497 e. The van der Waals surface area contributed by atoms with E-state index in [1.54, 1.807) is 7.11 Å². The Kier molecular flexibility index (Phi) is 2.68. The maximum Gasteiger partial charge on any atom is 0.118 e. The Morgan fingerprint density at radius 2 is 1.71 bits per heavy atom. The molecule has 0 saturated heterocycles. The third-order valence-corrected chi connectivity index (χ3v) is 2.46. The van der Waals surface area contributed by atoms with Crippen molar-refractivity contribution in [2.24, 2.45) is 5.92 Å². The molecule has 0 amide bonds.